The highest BCUT2D eigenvalue weighted by Crippen LogP contribution is 2.12. The number of hydrogen-bond donors (Lipinski definition) is 2. The Bertz CT molecular complexity index is 888. The number of rotatable bonds is 8. The van der Waals surface area contributed by atoms with Crippen molar-refractivity contribution in [3.63, 3.8) is 0 Å². The molecule has 0 radical (unpaired) electrons. The predicted octanol–water partition coefficient (Wildman–Crippen LogP) is 3.12. The van der Waals surface area contributed by atoms with Gasteiger partial charge >= 0.3 is 0 Å². The summed E-state index contributed by atoms with van der Waals surface area (Å²) in [5.74, 6) is 0.963. The minimum absolute atomic E-state index is 0. The van der Waals surface area contributed by atoms with Crippen LogP contribution in [-0.2, 0) is 22.1 Å². The lowest BCUT2D eigenvalue weighted by molar-refractivity contribution is 0.223. The Labute approximate surface area is 188 Å². The fourth-order valence-electron chi connectivity index (χ4n) is 2.49. The summed E-state index contributed by atoms with van der Waals surface area (Å²) in [6, 6.07) is 13.3. The van der Waals surface area contributed by atoms with Crippen LogP contribution in [0.15, 0.2) is 53.5 Å². The lowest BCUT2D eigenvalue weighted by Gasteiger charge is -2.18. The third kappa shape index (κ3) is 9.93. The summed E-state index contributed by atoms with van der Waals surface area (Å²) in [6.07, 6.45) is 1.08. The van der Waals surface area contributed by atoms with Gasteiger partial charge < -0.3 is 15.4 Å². The van der Waals surface area contributed by atoms with Crippen LogP contribution in [0.2, 0.25) is 0 Å². The molecule has 0 aliphatic rings. The molecular weight excluding hydrogens is 508 g/mol. The number of nitrogens with one attached hydrogen (secondary N) is 2. The average Bonchev–Trinajstić information content (AvgIpc) is 2.64. The molecule has 0 saturated carbocycles. The van der Waals surface area contributed by atoms with Gasteiger partial charge in [0.05, 0.1) is 12.3 Å². The molecule has 0 saturated heterocycles. The van der Waals surface area contributed by atoms with Crippen molar-refractivity contribution in [2.75, 3.05) is 19.8 Å². The predicted molar refractivity (Wildman–Crippen MR) is 125 cm³/mol. The van der Waals surface area contributed by atoms with Gasteiger partial charge in [-0.15, -0.1) is 24.0 Å². The molecule has 0 bridgehead atoms. The minimum Gasteiger partial charge on any atom is -0.489 e. The average molecular weight is 535 g/mol. The first-order valence-corrected chi connectivity index (χ1v) is 10.9. The third-order valence-electron chi connectivity index (χ3n) is 3.84. The van der Waals surface area contributed by atoms with Crippen LogP contribution in [0.5, 0.6) is 5.75 Å². The van der Waals surface area contributed by atoms with Crippen LogP contribution in [0, 0.1) is 5.82 Å². The Hall–Kier alpha value is -1.88. The summed E-state index contributed by atoms with van der Waals surface area (Å²) in [7, 11) is -1.36. The van der Waals surface area contributed by atoms with Gasteiger partial charge in [-0.25, -0.2) is 12.8 Å². The van der Waals surface area contributed by atoms with E-state index in [1.807, 2.05) is 31.2 Å². The highest BCUT2D eigenvalue weighted by atomic mass is 127. The first-order chi connectivity index (χ1) is 13.2. The number of sulfone groups is 1. The van der Waals surface area contributed by atoms with Crippen molar-refractivity contribution in [1.29, 1.82) is 0 Å². The second-order valence-corrected chi connectivity index (χ2v) is 8.72. The van der Waals surface area contributed by atoms with E-state index in [2.05, 4.69) is 15.6 Å². The zero-order chi connectivity index (χ0) is 20.6. The molecule has 1 unspecified atom stereocenters. The smallest absolute Gasteiger partial charge is 0.191 e. The standard InChI is InChI=1S/C20H26FN3O3S.HI/c1-15(27-19-10-8-18(21)9-11-19)12-23-20(22-2)24-13-16-4-6-17(7-5-16)14-28(3,25)26;/h4-11,15H,12-14H2,1-3H3,(H2,22,23,24);1H. The quantitative estimate of drug-likeness (QED) is 0.309. The maximum absolute atomic E-state index is 12.9. The zero-order valence-electron chi connectivity index (χ0n) is 16.7. The van der Waals surface area contributed by atoms with Crippen molar-refractivity contribution in [2.24, 2.45) is 4.99 Å². The van der Waals surface area contributed by atoms with E-state index >= 15 is 0 Å². The molecule has 29 heavy (non-hydrogen) atoms. The molecule has 2 aromatic carbocycles. The molecule has 2 N–H and O–H groups in total. The highest BCUT2D eigenvalue weighted by Gasteiger charge is 2.07. The van der Waals surface area contributed by atoms with E-state index < -0.39 is 9.84 Å². The Morgan fingerprint density at radius 1 is 1.07 bits per heavy atom. The summed E-state index contributed by atoms with van der Waals surface area (Å²) < 4.78 is 41.3. The van der Waals surface area contributed by atoms with Gasteiger partial charge in [0.1, 0.15) is 17.7 Å². The Balaban J connectivity index is 0.00000420. The molecule has 2 aromatic rings. The second-order valence-electron chi connectivity index (χ2n) is 6.58. The first kappa shape index (κ1) is 25.2. The second kappa shape index (κ2) is 12.0. The van der Waals surface area contributed by atoms with Crippen LogP contribution < -0.4 is 15.4 Å². The summed E-state index contributed by atoms with van der Waals surface area (Å²) >= 11 is 0. The third-order valence-corrected chi connectivity index (χ3v) is 4.70. The largest absolute Gasteiger partial charge is 0.489 e. The molecule has 0 amide bonds. The van der Waals surface area contributed by atoms with Gasteiger partial charge in [-0.2, -0.15) is 0 Å². The molecule has 1 atom stereocenters. The molecule has 2 rings (SSSR count). The maximum atomic E-state index is 12.9. The van der Waals surface area contributed by atoms with Crippen molar-refractivity contribution in [2.45, 2.75) is 25.3 Å². The Morgan fingerprint density at radius 3 is 2.21 bits per heavy atom. The summed E-state index contributed by atoms with van der Waals surface area (Å²) in [6.45, 7) is 2.97. The van der Waals surface area contributed by atoms with E-state index in [9.17, 15) is 12.8 Å². The van der Waals surface area contributed by atoms with Crippen LogP contribution in [0.4, 0.5) is 4.39 Å². The zero-order valence-corrected chi connectivity index (χ0v) is 19.8. The van der Waals surface area contributed by atoms with Gasteiger partial charge in [-0.3, -0.25) is 4.99 Å². The van der Waals surface area contributed by atoms with Crippen LogP contribution >= 0.6 is 24.0 Å². The minimum atomic E-state index is -3.04. The van der Waals surface area contributed by atoms with Crippen molar-refractivity contribution < 1.29 is 17.5 Å². The van der Waals surface area contributed by atoms with Gasteiger partial charge in [0, 0.05) is 19.8 Å². The SMILES string of the molecule is CN=C(NCc1ccc(CS(C)(=O)=O)cc1)NCC(C)Oc1ccc(F)cc1.I. The molecule has 9 heteroatoms. The lowest BCUT2D eigenvalue weighted by Crippen LogP contribution is -2.41. The van der Waals surface area contributed by atoms with E-state index in [0.29, 0.717) is 24.8 Å². The van der Waals surface area contributed by atoms with E-state index in [1.54, 1.807) is 19.2 Å². The molecule has 160 valence electrons. The van der Waals surface area contributed by atoms with Crippen molar-refractivity contribution in [3.8, 4) is 5.75 Å². The molecular formula is C20H27FIN3O3S. The summed E-state index contributed by atoms with van der Waals surface area (Å²) in [5.41, 5.74) is 1.77. The van der Waals surface area contributed by atoms with E-state index in [1.165, 1.54) is 18.4 Å². The summed E-state index contributed by atoms with van der Waals surface area (Å²) in [5, 5.41) is 6.37. The lowest BCUT2D eigenvalue weighted by atomic mass is 10.1. The molecule has 0 fully saturated rings. The number of hydrogen-bond acceptors (Lipinski definition) is 4. The van der Waals surface area contributed by atoms with Gasteiger partial charge in [-0.05, 0) is 42.3 Å². The number of guanidine groups is 1. The number of nitrogens with zero attached hydrogens (tertiary/aromatic N) is 1. The molecule has 6 nitrogen and oxygen atoms in total. The Morgan fingerprint density at radius 2 is 1.66 bits per heavy atom. The molecule has 0 heterocycles. The van der Waals surface area contributed by atoms with E-state index in [-0.39, 0.29) is 41.7 Å². The van der Waals surface area contributed by atoms with Gasteiger partial charge in [0.15, 0.2) is 15.8 Å². The van der Waals surface area contributed by atoms with Crippen molar-refractivity contribution >= 4 is 39.8 Å². The van der Waals surface area contributed by atoms with Gasteiger partial charge in [-0.1, -0.05) is 24.3 Å². The molecule has 0 aromatic heterocycles. The number of ether oxygens (including phenoxy) is 1. The van der Waals surface area contributed by atoms with Gasteiger partial charge in [0.2, 0.25) is 0 Å². The van der Waals surface area contributed by atoms with E-state index in [4.69, 9.17) is 4.74 Å². The summed E-state index contributed by atoms with van der Waals surface area (Å²) in [4.78, 5) is 4.17. The van der Waals surface area contributed by atoms with E-state index in [0.717, 1.165) is 11.1 Å². The Kier molecular flexibility index (Phi) is 10.4. The molecule has 0 aliphatic carbocycles. The maximum Gasteiger partial charge on any atom is 0.191 e. The first-order valence-electron chi connectivity index (χ1n) is 8.87. The fraction of sp³-hybridized carbons (Fsp3) is 0.350. The van der Waals surface area contributed by atoms with Crippen LogP contribution in [-0.4, -0.2) is 40.3 Å². The fourth-order valence-corrected chi connectivity index (χ4v) is 3.29. The van der Waals surface area contributed by atoms with Crippen LogP contribution in [0.3, 0.4) is 0 Å². The molecule has 0 aliphatic heterocycles. The number of benzene rings is 2. The van der Waals surface area contributed by atoms with Crippen molar-refractivity contribution in [1.82, 2.24) is 10.6 Å². The molecule has 0 spiro atoms. The topological polar surface area (TPSA) is 79.8 Å². The van der Waals surface area contributed by atoms with Gasteiger partial charge in [0.25, 0.3) is 0 Å². The van der Waals surface area contributed by atoms with Crippen LogP contribution in [0.25, 0.3) is 0 Å². The van der Waals surface area contributed by atoms with Crippen LogP contribution in [0.1, 0.15) is 18.1 Å². The number of halogens is 2. The normalized spacial score (nSPS) is 12.6. The monoisotopic (exact) mass is 535 g/mol. The highest BCUT2D eigenvalue weighted by molar-refractivity contribution is 14.0. The number of aliphatic imine (C=N–C) groups is 1. The van der Waals surface area contributed by atoms with Crippen molar-refractivity contribution in [3.05, 3.63) is 65.5 Å².